The van der Waals surface area contributed by atoms with E-state index in [0.717, 1.165) is 11.9 Å². The molecule has 3 aromatic rings. The van der Waals surface area contributed by atoms with E-state index in [2.05, 4.69) is 72.8 Å². The summed E-state index contributed by atoms with van der Waals surface area (Å²) in [5.74, 6) is 0. The Balaban J connectivity index is 1.35. The summed E-state index contributed by atoms with van der Waals surface area (Å²) >= 11 is 0.444. The van der Waals surface area contributed by atoms with E-state index in [0.29, 0.717) is 39.6 Å². The topological polar surface area (TPSA) is 27.7 Å². The zero-order chi connectivity index (χ0) is 20.4. The quantitative estimate of drug-likeness (QED) is 0.379. The molecule has 1 saturated heterocycles. The Kier molecular flexibility index (Phi) is 8.13. The van der Waals surface area contributed by atoms with Crippen molar-refractivity contribution in [1.82, 2.24) is 0 Å². The van der Waals surface area contributed by atoms with E-state index in [1.807, 2.05) is 18.2 Å². The summed E-state index contributed by atoms with van der Waals surface area (Å²) in [6.45, 7) is 2.61. The third kappa shape index (κ3) is 6.28. The van der Waals surface area contributed by atoms with Crippen LogP contribution in [0.25, 0.3) is 0 Å². The Morgan fingerprint density at radius 2 is 1.13 bits per heavy atom. The number of hydrogen-bond donors (Lipinski definition) is 0. The van der Waals surface area contributed by atoms with Crippen LogP contribution in [0, 0.1) is 0 Å². The average Bonchev–Trinajstić information content (AvgIpc) is 3.20. The van der Waals surface area contributed by atoms with Crippen molar-refractivity contribution < 1.29 is 14.2 Å². The van der Waals surface area contributed by atoms with Gasteiger partial charge in [-0.3, -0.25) is 0 Å². The minimum absolute atomic E-state index is 0.0738. The molecule has 3 unspecified atom stereocenters. The van der Waals surface area contributed by atoms with Gasteiger partial charge in [-0.1, -0.05) is 0 Å². The summed E-state index contributed by atoms with van der Waals surface area (Å²) in [5.41, 5.74) is 3.61. The summed E-state index contributed by atoms with van der Waals surface area (Å²) in [6.07, 6.45) is 0.198. The Morgan fingerprint density at radius 3 is 1.70 bits per heavy atom. The third-order valence-corrected chi connectivity index (χ3v) is 8.03. The standard InChI is InChI=1S/C26H28O3Se/c1-4-10-21(11-5-1)16-27-19-25-26(29-18-23-14-8-3-9-15-23)24(20-30-25)28-17-22-12-6-2-7-13-22/h1-15,24-26H,16-20H2. The van der Waals surface area contributed by atoms with E-state index < -0.39 is 0 Å². The minimum atomic E-state index is 0.0738. The molecule has 0 aromatic heterocycles. The Morgan fingerprint density at radius 1 is 0.633 bits per heavy atom. The average molecular weight is 467 g/mol. The molecule has 156 valence electrons. The maximum atomic E-state index is 6.42. The fraction of sp³-hybridized carbons (Fsp3) is 0.308. The van der Waals surface area contributed by atoms with Gasteiger partial charge in [0.2, 0.25) is 0 Å². The van der Waals surface area contributed by atoms with Gasteiger partial charge in [-0.15, -0.1) is 0 Å². The molecule has 0 radical (unpaired) electrons. The molecule has 0 amide bonds. The molecule has 30 heavy (non-hydrogen) atoms. The van der Waals surface area contributed by atoms with Crippen LogP contribution in [0.15, 0.2) is 91.0 Å². The summed E-state index contributed by atoms with van der Waals surface area (Å²) < 4.78 is 18.8. The van der Waals surface area contributed by atoms with Crippen LogP contribution in [0.4, 0.5) is 0 Å². The first-order valence-corrected chi connectivity index (χ1v) is 12.6. The van der Waals surface area contributed by atoms with Gasteiger partial charge in [0.15, 0.2) is 0 Å². The normalized spacial score (nSPS) is 21.0. The van der Waals surface area contributed by atoms with Crippen LogP contribution >= 0.6 is 0 Å². The van der Waals surface area contributed by atoms with E-state index in [-0.39, 0.29) is 12.2 Å². The molecule has 0 bridgehead atoms. The van der Waals surface area contributed by atoms with Crippen LogP contribution in [0.5, 0.6) is 0 Å². The molecule has 0 aliphatic carbocycles. The van der Waals surface area contributed by atoms with Gasteiger partial charge in [0.1, 0.15) is 0 Å². The van der Waals surface area contributed by atoms with Crippen LogP contribution < -0.4 is 0 Å². The van der Waals surface area contributed by atoms with Crippen molar-refractivity contribution in [1.29, 1.82) is 0 Å². The van der Waals surface area contributed by atoms with Gasteiger partial charge in [0.05, 0.1) is 0 Å². The second kappa shape index (κ2) is 11.5. The molecule has 0 saturated carbocycles. The summed E-state index contributed by atoms with van der Waals surface area (Å²) in [4.78, 5) is 0.408. The zero-order valence-electron chi connectivity index (χ0n) is 17.1. The predicted octanol–water partition coefficient (Wildman–Crippen LogP) is 5.30. The van der Waals surface area contributed by atoms with Crippen molar-refractivity contribution in [3.8, 4) is 0 Å². The molecule has 4 rings (SSSR count). The molecular weight excluding hydrogens is 439 g/mol. The molecule has 1 aliphatic rings. The van der Waals surface area contributed by atoms with Crippen molar-refractivity contribution in [2.75, 3.05) is 6.61 Å². The summed E-state index contributed by atoms with van der Waals surface area (Å²) in [7, 11) is 0. The third-order valence-electron chi connectivity index (χ3n) is 5.19. The maximum absolute atomic E-state index is 6.42. The fourth-order valence-corrected chi connectivity index (χ4v) is 6.41. The Bertz CT molecular complexity index is 857. The first-order chi connectivity index (χ1) is 14.9. The van der Waals surface area contributed by atoms with Gasteiger partial charge < -0.3 is 0 Å². The van der Waals surface area contributed by atoms with E-state index in [1.54, 1.807) is 0 Å². The van der Waals surface area contributed by atoms with Crippen LogP contribution in [-0.2, 0) is 34.0 Å². The Labute approximate surface area is 185 Å². The van der Waals surface area contributed by atoms with E-state index in [9.17, 15) is 0 Å². The zero-order valence-corrected chi connectivity index (χ0v) is 18.8. The summed E-state index contributed by atoms with van der Waals surface area (Å²) in [5, 5.41) is 1.07. The van der Waals surface area contributed by atoms with Gasteiger partial charge in [-0.2, -0.15) is 0 Å². The molecule has 3 atom stereocenters. The van der Waals surface area contributed by atoms with Gasteiger partial charge >= 0.3 is 186 Å². The van der Waals surface area contributed by atoms with Gasteiger partial charge in [0, 0.05) is 0 Å². The Hall–Kier alpha value is -1.94. The van der Waals surface area contributed by atoms with Crippen LogP contribution in [0.3, 0.4) is 0 Å². The second-order valence-electron chi connectivity index (χ2n) is 7.47. The van der Waals surface area contributed by atoms with Gasteiger partial charge in [0.25, 0.3) is 0 Å². The molecule has 0 N–H and O–H groups in total. The molecule has 4 heteroatoms. The first kappa shape index (κ1) is 21.3. The van der Waals surface area contributed by atoms with E-state index in [1.165, 1.54) is 16.7 Å². The van der Waals surface area contributed by atoms with Gasteiger partial charge in [-0.05, 0) is 0 Å². The van der Waals surface area contributed by atoms with Crippen molar-refractivity contribution in [2.45, 2.75) is 42.2 Å². The fourth-order valence-electron chi connectivity index (χ4n) is 3.56. The first-order valence-electron chi connectivity index (χ1n) is 10.4. The van der Waals surface area contributed by atoms with Crippen LogP contribution in [0.1, 0.15) is 16.7 Å². The molecule has 1 heterocycles. The predicted molar refractivity (Wildman–Crippen MR) is 120 cm³/mol. The van der Waals surface area contributed by atoms with Crippen molar-refractivity contribution in [3.63, 3.8) is 0 Å². The molecule has 3 aromatic carbocycles. The number of rotatable bonds is 10. The molecule has 1 fully saturated rings. The summed E-state index contributed by atoms with van der Waals surface area (Å²) in [6, 6.07) is 31.1. The molecule has 1 aliphatic heterocycles. The molecule has 0 spiro atoms. The van der Waals surface area contributed by atoms with Crippen molar-refractivity contribution in [3.05, 3.63) is 108 Å². The SMILES string of the molecule is c1ccc(COCC2[Se]CC(OCc3ccccc3)C2OCc2ccccc2)cc1. The van der Waals surface area contributed by atoms with Crippen molar-refractivity contribution in [2.24, 2.45) is 0 Å². The van der Waals surface area contributed by atoms with E-state index in [4.69, 9.17) is 14.2 Å². The number of ether oxygens (including phenoxy) is 3. The van der Waals surface area contributed by atoms with Gasteiger partial charge in [-0.25, -0.2) is 0 Å². The van der Waals surface area contributed by atoms with Crippen molar-refractivity contribution >= 4 is 15.0 Å². The van der Waals surface area contributed by atoms with Crippen LogP contribution in [-0.4, -0.2) is 33.8 Å². The molecule has 3 nitrogen and oxygen atoms in total. The number of benzene rings is 3. The number of hydrogen-bond acceptors (Lipinski definition) is 3. The van der Waals surface area contributed by atoms with E-state index >= 15 is 0 Å². The van der Waals surface area contributed by atoms with Crippen LogP contribution in [0.2, 0.25) is 10.1 Å². The second-order valence-corrected chi connectivity index (χ2v) is 10.1. The molecular formula is C26H28O3Se. The monoisotopic (exact) mass is 468 g/mol.